The van der Waals surface area contributed by atoms with E-state index < -0.39 is 15.4 Å². The highest BCUT2D eigenvalue weighted by Gasteiger charge is 2.35. The molecule has 7 nitrogen and oxygen atoms in total. The molecular weight excluding hydrogens is 282 g/mol. The zero-order valence-electron chi connectivity index (χ0n) is 11.8. The van der Waals surface area contributed by atoms with Crippen LogP contribution in [0.15, 0.2) is 4.52 Å². The van der Waals surface area contributed by atoms with Gasteiger partial charge in [0.1, 0.15) is 5.54 Å². The highest BCUT2D eigenvalue weighted by atomic mass is 32.2. The second kappa shape index (κ2) is 5.79. The smallest absolute Gasteiger partial charge is 0.230 e. The van der Waals surface area contributed by atoms with Crippen molar-refractivity contribution in [2.75, 3.05) is 24.7 Å². The van der Waals surface area contributed by atoms with E-state index in [1.807, 2.05) is 6.92 Å². The van der Waals surface area contributed by atoms with Gasteiger partial charge >= 0.3 is 0 Å². The second-order valence-corrected chi connectivity index (χ2v) is 7.75. The summed E-state index contributed by atoms with van der Waals surface area (Å²) in [6, 6.07) is 0. The Morgan fingerprint density at radius 3 is 2.90 bits per heavy atom. The van der Waals surface area contributed by atoms with Gasteiger partial charge in [-0.05, 0) is 19.8 Å². The maximum absolute atomic E-state index is 11.5. The standard InChI is InChI=1S/C12H21N3O4S/c1-3-5-18-8-12(2,13)11-14-10(19-15-11)9-4-6-20(16,17)7-9/h9H,3-8,13H2,1-2H3. The summed E-state index contributed by atoms with van der Waals surface area (Å²) in [5.74, 6) is 0.742. The van der Waals surface area contributed by atoms with Crippen molar-refractivity contribution in [2.45, 2.75) is 38.1 Å². The van der Waals surface area contributed by atoms with Crippen LogP contribution in [0.4, 0.5) is 0 Å². The molecule has 20 heavy (non-hydrogen) atoms. The molecule has 1 aliphatic rings. The van der Waals surface area contributed by atoms with Crippen molar-refractivity contribution in [2.24, 2.45) is 5.73 Å². The summed E-state index contributed by atoms with van der Waals surface area (Å²) >= 11 is 0. The van der Waals surface area contributed by atoms with Crippen LogP contribution in [0.1, 0.15) is 44.3 Å². The molecule has 0 bridgehead atoms. The van der Waals surface area contributed by atoms with Crippen LogP contribution in [0, 0.1) is 0 Å². The SMILES string of the molecule is CCCOCC(C)(N)c1noc(C2CCS(=O)(=O)C2)n1. The molecule has 0 aromatic carbocycles. The minimum absolute atomic E-state index is 0.0717. The van der Waals surface area contributed by atoms with E-state index in [2.05, 4.69) is 10.1 Å². The Balaban J connectivity index is 2.05. The number of hydrogen-bond acceptors (Lipinski definition) is 7. The lowest BCUT2D eigenvalue weighted by Gasteiger charge is -2.19. The molecule has 1 aromatic heterocycles. The third kappa shape index (κ3) is 3.56. The summed E-state index contributed by atoms with van der Waals surface area (Å²) in [5.41, 5.74) is 5.28. The van der Waals surface area contributed by atoms with Crippen LogP contribution in [-0.4, -0.2) is 43.3 Å². The summed E-state index contributed by atoms with van der Waals surface area (Å²) < 4.78 is 33.5. The first kappa shape index (κ1) is 15.4. The Bertz CT molecular complexity index is 553. The quantitative estimate of drug-likeness (QED) is 0.765. The number of nitrogens with zero attached hydrogens (tertiary/aromatic N) is 2. The predicted octanol–water partition coefficient (Wildman–Crippen LogP) is 0.572. The summed E-state index contributed by atoms with van der Waals surface area (Å²) in [5, 5.41) is 3.87. The number of rotatable bonds is 6. The van der Waals surface area contributed by atoms with Crippen molar-refractivity contribution in [3.8, 4) is 0 Å². The zero-order chi connectivity index (χ0) is 14.8. The van der Waals surface area contributed by atoms with Crippen molar-refractivity contribution in [3.05, 3.63) is 11.7 Å². The van der Waals surface area contributed by atoms with Crippen LogP contribution in [-0.2, 0) is 20.1 Å². The Hall–Kier alpha value is -0.990. The van der Waals surface area contributed by atoms with Crippen LogP contribution < -0.4 is 5.73 Å². The molecule has 1 aliphatic heterocycles. The molecule has 1 fully saturated rings. The molecule has 114 valence electrons. The van der Waals surface area contributed by atoms with Gasteiger partial charge < -0.3 is 15.0 Å². The Labute approximate surface area is 118 Å². The predicted molar refractivity (Wildman–Crippen MR) is 73.0 cm³/mol. The third-order valence-electron chi connectivity index (χ3n) is 3.28. The van der Waals surface area contributed by atoms with E-state index >= 15 is 0 Å². The summed E-state index contributed by atoms with van der Waals surface area (Å²) in [6.45, 7) is 4.70. The maximum Gasteiger partial charge on any atom is 0.230 e. The average Bonchev–Trinajstić information content (AvgIpc) is 2.96. The molecule has 2 heterocycles. The van der Waals surface area contributed by atoms with Gasteiger partial charge in [0.05, 0.1) is 24.0 Å². The molecule has 0 radical (unpaired) electrons. The van der Waals surface area contributed by atoms with E-state index in [0.29, 0.717) is 31.3 Å². The minimum Gasteiger partial charge on any atom is -0.379 e. The monoisotopic (exact) mass is 303 g/mol. The van der Waals surface area contributed by atoms with Crippen LogP contribution in [0.2, 0.25) is 0 Å². The number of ether oxygens (including phenoxy) is 1. The second-order valence-electron chi connectivity index (χ2n) is 5.53. The Morgan fingerprint density at radius 2 is 2.30 bits per heavy atom. The molecular formula is C12H21N3O4S. The lowest BCUT2D eigenvalue weighted by Crippen LogP contribution is -2.39. The lowest BCUT2D eigenvalue weighted by atomic mass is 10.0. The molecule has 2 unspecified atom stereocenters. The minimum atomic E-state index is -2.97. The normalized spacial score (nSPS) is 24.6. The van der Waals surface area contributed by atoms with Gasteiger partial charge in [-0.2, -0.15) is 4.98 Å². The van der Waals surface area contributed by atoms with Crippen molar-refractivity contribution in [3.63, 3.8) is 0 Å². The first-order chi connectivity index (χ1) is 9.34. The molecule has 8 heteroatoms. The maximum atomic E-state index is 11.5. The first-order valence-corrected chi connectivity index (χ1v) is 8.57. The van der Waals surface area contributed by atoms with Gasteiger partial charge in [-0.25, -0.2) is 8.42 Å². The van der Waals surface area contributed by atoms with Crippen molar-refractivity contribution in [1.29, 1.82) is 0 Å². The van der Waals surface area contributed by atoms with Crippen LogP contribution in [0.5, 0.6) is 0 Å². The van der Waals surface area contributed by atoms with E-state index in [1.54, 1.807) is 6.92 Å². The van der Waals surface area contributed by atoms with E-state index in [-0.39, 0.29) is 17.4 Å². The molecule has 2 N–H and O–H groups in total. The van der Waals surface area contributed by atoms with Gasteiger partial charge in [0.25, 0.3) is 0 Å². The summed E-state index contributed by atoms with van der Waals surface area (Å²) in [4.78, 5) is 4.26. The fourth-order valence-corrected chi connectivity index (χ4v) is 3.85. The molecule has 0 spiro atoms. The number of hydrogen-bond donors (Lipinski definition) is 1. The molecule has 2 atom stereocenters. The number of aromatic nitrogens is 2. The van der Waals surface area contributed by atoms with Crippen LogP contribution >= 0.6 is 0 Å². The zero-order valence-corrected chi connectivity index (χ0v) is 12.6. The van der Waals surface area contributed by atoms with E-state index in [0.717, 1.165) is 6.42 Å². The highest BCUT2D eigenvalue weighted by molar-refractivity contribution is 7.91. The molecule has 0 amide bonds. The van der Waals surface area contributed by atoms with E-state index in [9.17, 15) is 8.42 Å². The lowest BCUT2D eigenvalue weighted by molar-refractivity contribution is 0.0867. The fraction of sp³-hybridized carbons (Fsp3) is 0.833. The van der Waals surface area contributed by atoms with E-state index in [4.69, 9.17) is 15.0 Å². The molecule has 1 saturated heterocycles. The number of sulfone groups is 1. The van der Waals surface area contributed by atoms with Crippen molar-refractivity contribution < 1.29 is 17.7 Å². The van der Waals surface area contributed by atoms with Gasteiger partial charge in [-0.15, -0.1) is 0 Å². The van der Waals surface area contributed by atoms with Crippen molar-refractivity contribution >= 4 is 9.84 Å². The van der Waals surface area contributed by atoms with Crippen LogP contribution in [0.3, 0.4) is 0 Å². The third-order valence-corrected chi connectivity index (χ3v) is 5.05. The van der Waals surface area contributed by atoms with Gasteiger partial charge in [-0.3, -0.25) is 0 Å². The molecule has 1 aromatic rings. The first-order valence-electron chi connectivity index (χ1n) is 6.75. The summed E-state index contributed by atoms with van der Waals surface area (Å²) in [6.07, 6.45) is 1.44. The van der Waals surface area contributed by atoms with E-state index in [1.165, 1.54) is 0 Å². The number of nitrogens with two attached hydrogens (primary N) is 1. The Kier molecular flexibility index (Phi) is 4.46. The van der Waals surface area contributed by atoms with Crippen LogP contribution in [0.25, 0.3) is 0 Å². The van der Waals surface area contributed by atoms with Crippen molar-refractivity contribution in [1.82, 2.24) is 10.1 Å². The topological polar surface area (TPSA) is 108 Å². The van der Waals surface area contributed by atoms with Gasteiger partial charge in [0.15, 0.2) is 15.7 Å². The van der Waals surface area contributed by atoms with Gasteiger partial charge in [0.2, 0.25) is 5.89 Å². The molecule has 2 rings (SSSR count). The largest absolute Gasteiger partial charge is 0.379 e. The van der Waals surface area contributed by atoms with Gasteiger partial charge in [-0.1, -0.05) is 12.1 Å². The highest BCUT2D eigenvalue weighted by Crippen LogP contribution is 2.28. The average molecular weight is 303 g/mol. The molecule has 0 aliphatic carbocycles. The summed E-state index contributed by atoms with van der Waals surface area (Å²) in [7, 11) is -2.97. The van der Waals surface area contributed by atoms with Gasteiger partial charge in [0, 0.05) is 6.61 Å². The Morgan fingerprint density at radius 1 is 1.55 bits per heavy atom. The molecule has 0 saturated carbocycles. The fourth-order valence-electron chi connectivity index (χ4n) is 2.12.